The second-order valence-corrected chi connectivity index (χ2v) is 6.49. The molecule has 31 heavy (non-hydrogen) atoms. The van der Waals surface area contributed by atoms with Gasteiger partial charge in [0.2, 0.25) is 0 Å². The number of carbonyl (C=O) groups excluding carboxylic acids is 1. The van der Waals surface area contributed by atoms with Gasteiger partial charge in [-0.1, -0.05) is 29.8 Å². The molecule has 2 rings (SSSR count). The quantitative estimate of drug-likeness (QED) is 0.241. The molecule has 0 fully saturated rings. The van der Waals surface area contributed by atoms with Gasteiger partial charge in [0.1, 0.15) is 11.5 Å². The van der Waals surface area contributed by atoms with Crippen LogP contribution in [0, 0.1) is 6.92 Å². The number of nitrogens with one attached hydrogen (secondary N) is 2. The lowest BCUT2D eigenvalue weighted by molar-refractivity contribution is -0.119. The maximum Gasteiger partial charge on any atom is 0.387 e. The SMILES string of the molecule is CN=C(NCCc1ccc(OCC(N)=O)cc1)NCc1cc(C)ccc1OC(F)F.I. The first-order valence-corrected chi connectivity index (χ1v) is 9.36. The number of hydrogen-bond donors (Lipinski definition) is 3. The van der Waals surface area contributed by atoms with Crippen LogP contribution in [0.4, 0.5) is 8.78 Å². The molecule has 0 aliphatic carbocycles. The minimum absolute atomic E-state index is 0. The number of carbonyl (C=O) groups is 1. The van der Waals surface area contributed by atoms with Gasteiger partial charge in [-0.3, -0.25) is 9.79 Å². The van der Waals surface area contributed by atoms with Gasteiger partial charge in [0.25, 0.3) is 5.91 Å². The van der Waals surface area contributed by atoms with E-state index in [4.69, 9.17) is 10.5 Å². The van der Waals surface area contributed by atoms with Crippen molar-refractivity contribution in [2.24, 2.45) is 10.7 Å². The molecule has 0 aromatic heterocycles. The average Bonchev–Trinajstić information content (AvgIpc) is 2.71. The number of aliphatic imine (C=N–C) groups is 1. The maximum atomic E-state index is 12.6. The molecule has 0 aliphatic heterocycles. The Hall–Kier alpha value is -2.63. The van der Waals surface area contributed by atoms with Crippen LogP contribution in [0.15, 0.2) is 47.5 Å². The molecule has 1 amide bonds. The summed E-state index contributed by atoms with van der Waals surface area (Å²) in [5, 5.41) is 6.27. The number of hydrogen-bond acceptors (Lipinski definition) is 4. The first kappa shape index (κ1) is 26.4. The zero-order valence-electron chi connectivity index (χ0n) is 17.4. The Kier molecular flexibility index (Phi) is 11.6. The van der Waals surface area contributed by atoms with Gasteiger partial charge in [0.05, 0.1) is 0 Å². The van der Waals surface area contributed by atoms with E-state index in [2.05, 4.69) is 20.4 Å². The van der Waals surface area contributed by atoms with E-state index in [0.717, 1.165) is 17.5 Å². The van der Waals surface area contributed by atoms with Gasteiger partial charge in [-0.25, -0.2) is 0 Å². The fourth-order valence-electron chi connectivity index (χ4n) is 2.69. The van der Waals surface area contributed by atoms with Gasteiger partial charge < -0.3 is 25.8 Å². The topological polar surface area (TPSA) is 98.0 Å². The summed E-state index contributed by atoms with van der Waals surface area (Å²) in [7, 11) is 1.63. The Bertz CT molecular complexity index is 864. The van der Waals surface area contributed by atoms with Crippen LogP contribution in [-0.2, 0) is 17.8 Å². The smallest absolute Gasteiger partial charge is 0.387 e. The van der Waals surface area contributed by atoms with Crippen molar-refractivity contribution < 1.29 is 23.0 Å². The third kappa shape index (κ3) is 9.81. The minimum Gasteiger partial charge on any atom is -0.484 e. The van der Waals surface area contributed by atoms with E-state index in [-0.39, 0.29) is 42.9 Å². The summed E-state index contributed by atoms with van der Waals surface area (Å²) in [6.07, 6.45) is 0.723. The molecule has 10 heteroatoms. The molecule has 2 aromatic rings. The summed E-state index contributed by atoms with van der Waals surface area (Å²) < 4.78 is 35.0. The number of nitrogens with zero attached hydrogens (tertiary/aromatic N) is 1. The van der Waals surface area contributed by atoms with Crippen molar-refractivity contribution in [1.29, 1.82) is 0 Å². The summed E-state index contributed by atoms with van der Waals surface area (Å²) in [6.45, 7) is -0.262. The van der Waals surface area contributed by atoms with E-state index in [1.807, 2.05) is 19.1 Å². The summed E-state index contributed by atoms with van der Waals surface area (Å²) in [6, 6.07) is 12.4. The zero-order chi connectivity index (χ0) is 21.9. The average molecular weight is 548 g/mol. The molecule has 0 heterocycles. The highest BCUT2D eigenvalue weighted by molar-refractivity contribution is 14.0. The minimum atomic E-state index is -2.88. The number of ether oxygens (including phenoxy) is 2. The monoisotopic (exact) mass is 548 g/mol. The molecule has 7 nitrogen and oxygen atoms in total. The number of guanidine groups is 1. The van der Waals surface area contributed by atoms with Crippen molar-refractivity contribution in [3.63, 3.8) is 0 Å². The van der Waals surface area contributed by atoms with E-state index in [1.54, 1.807) is 31.3 Å². The molecule has 0 radical (unpaired) electrons. The standard InChI is InChI=1S/C21H26F2N4O3.HI/c1-14-3-8-18(30-20(22)23)16(11-14)12-27-21(25-2)26-10-9-15-4-6-17(7-5-15)29-13-19(24)28;/h3-8,11,20H,9-10,12-13H2,1-2H3,(H2,24,28)(H2,25,26,27);1H. The van der Waals surface area contributed by atoms with Crippen molar-refractivity contribution in [3.05, 3.63) is 59.2 Å². The van der Waals surface area contributed by atoms with Crippen LogP contribution in [0.3, 0.4) is 0 Å². The number of amides is 1. The van der Waals surface area contributed by atoms with Crippen LogP contribution in [0.25, 0.3) is 0 Å². The van der Waals surface area contributed by atoms with Gasteiger partial charge in [0.15, 0.2) is 12.6 Å². The second-order valence-electron chi connectivity index (χ2n) is 6.49. The van der Waals surface area contributed by atoms with Crippen molar-refractivity contribution >= 4 is 35.8 Å². The van der Waals surface area contributed by atoms with E-state index in [9.17, 15) is 13.6 Å². The number of primary amides is 1. The molecule has 0 atom stereocenters. The van der Waals surface area contributed by atoms with Gasteiger partial charge in [-0.15, -0.1) is 24.0 Å². The zero-order valence-corrected chi connectivity index (χ0v) is 19.7. The molecular weight excluding hydrogens is 521 g/mol. The lowest BCUT2D eigenvalue weighted by atomic mass is 10.1. The predicted octanol–water partition coefficient (Wildman–Crippen LogP) is 2.99. The number of alkyl halides is 2. The Morgan fingerprint density at radius 2 is 1.87 bits per heavy atom. The lowest BCUT2D eigenvalue weighted by Gasteiger charge is -2.15. The van der Waals surface area contributed by atoms with Gasteiger partial charge in [-0.05, 0) is 37.1 Å². The Balaban J connectivity index is 0.00000480. The third-order valence-corrected chi connectivity index (χ3v) is 4.11. The van der Waals surface area contributed by atoms with E-state index < -0.39 is 12.5 Å². The molecule has 2 aromatic carbocycles. The summed E-state index contributed by atoms with van der Waals surface area (Å²) in [4.78, 5) is 14.9. The van der Waals surface area contributed by atoms with Gasteiger partial charge in [-0.2, -0.15) is 8.78 Å². The highest BCUT2D eigenvalue weighted by Crippen LogP contribution is 2.22. The maximum absolute atomic E-state index is 12.6. The number of halogens is 3. The van der Waals surface area contributed by atoms with Crippen molar-refractivity contribution in [1.82, 2.24) is 10.6 Å². The third-order valence-electron chi connectivity index (χ3n) is 4.11. The van der Waals surface area contributed by atoms with Gasteiger partial charge in [0, 0.05) is 25.7 Å². The normalized spacial score (nSPS) is 10.9. The van der Waals surface area contributed by atoms with Crippen molar-refractivity contribution in [3.8, 4) is 11.5 Å². The first-order valence-electron chi connectivity index (χ1n) is 9.36. The van der Waals surface area contributed by atoms with Crippen LogP contribution in [-0.4, -0.2) is 38.7 Å². The highest BCUT2D eigenvalue weighted by Gasteiger charge is 2.10. The Labute approximate surface area is 197 Å². The van der Waals surface area contributed by atoms with Gasteiger partial charge >= 0.3 is 6.61 Å². The lowest BCUT2D eigenvalue weighted by Crippen LogP contribution is -2.38. The van der Waals surface area contributed by atoms with Crippen LogP contribution in [0.2, 0.25) is 0 Å². The molecule has 4 N–H and O–H groups in total. The number of benzene rings is 2. The largest absolute Gasteiger partial charge is 0.484 e. The van der Waals surface area contributed by atoms with E-state index in [0.29, 0.717) is 23.8 Å². The van der Waals surface area contributed by atoms with Crippen LogP contribution < -0.4 is 25.8 Å². The molecule has 170 valence electrons. The van der Waals surface area contributed by atoms with Crippen LogP contribution in [0.1, 0.15) is 16.7 Å². The first-order chi connectivity index (χ1) is 14.4. The summed E-state index contributed by atoms with van der Waals surface area (Å²) >= 11 is 0. The number of rotatable bonds is 10. The van der Waals surface area contributed by atoms with E-state index >= 15 is 0 Å². The fourth-order valence-corrected chi connectivity index (χ4v) is 2.69. The van der Waals surface area contributed by atoms with Crippen molar-refractivity contribution in [2.75, 3.05) is 20.2 Å². The molecular formula is C21H27F2IN4O3. The van der Waals surface area contributed by atoms with Crippen molar-refractivity contribution in [2.45, 2.75) is 26.5 Å². The highest BCUT2D eigenvalue weighted by atomic mass is 127. The fraction of sp³-hybridized carbons (Fsp3) is 0.333. The predicted molar refractivity (Wildman–Crippen MR) is 126 cm³/mol. The molecule has 0 saturated carbocycles. The molecule has 0 saturated heterocycles. The molecule has 0 aliphatic rings. The summed E-state index contributed by atoms with van der Waals surface area (Å²) in [5.41, 5.74) is 7.67. The Morgan fingerprint density at radius 3 is 2.48 bits per heavy atom. The molecule has 0 unspecified atom stereocenters. The van der Waals surface area contributed by atoms with Crippen LogP contribution >= 0.6 is 24.0 Å². The number of aryl methyl sites for hydroxylation is 1. The van der Waals surface area contributed by atoms with Crippen LogP contribution in [0.5, 0.6) is 11.5 Å². The Morgan fingerprint density at radius 1 is 1.16 bits per heavy atom. The summed E-state index contributed by atoms with van der Waals surface area (Å²) in [5.74, 6) is 0.724. The second kappa shape index (κ2) is 13.6. The molecule has 0 bridgehead atoms. The molecule has 0 spiro atoms. The van der Waals surface area contributed by atoms with E-state index in [1.165, 1.54) is 6.07 Å². The number of nitrogens with two attached hydrogens (primary N) is 1.